The topological polar surface area (TPSA) is 64.3 Å². The molecular weight excluding hydrogens is 332 g/mol. The number of rotatable bonds is 5. The third kappa shape index (κ3) is 3.45. The lowest BCUT2D eigenvalue weighted by Crippen LogP contribution is -2.24. The van der Waals surface area contributed by atoms with Crippen LogP contribution >= 0.6 is 11.3 Å². The van der Waals surface area contributed by atoms with Crippen LogP contribution in [0.5, 0.6) is 5.75 Å². The molecule has 0 bridgehead atoms. The predicted molar refractivity (Wildman–Crippen MR) is 104 cm³/mol. The standard InChI is InChI=1S/C19H24N4OS/c1-11-13(3)25-19-16(11)17(20)21-18(22-19)12(2)23(4)10-14-6-8-15(24-5)9-7-14/h6-9,12H,10H2,1-5H3,(H2,20,21,22)/t12-/m0/s1. The van der Waals surface area contributed by atoms with Crippen molar-refractivity contribution in [2.75, 3.05) is 19.9 Å². The van der Waals surface area contributed by atoms with Crippen molar-refractivity contribution in [1.82, 2.24) is 14.9 Å². The van der Waals surface area contributed by atoms with Crippen LogP contribution in [0, 0.1) is 13.8 Å². The summed E-state index contributed by atoms with van der Waals surface area (Å²) in [5.41, 5.74) is 8.62. The molecule has 2 aromatic heterocycles. The quantitative estimate of drug-likeness (QED) is 0.746. The minimum atomic E-state index is 0.0662. The second-order valence-corrected chi connectivity index (χ2v) is 7.57. The molecule has 3 rings (SSSR count). The highest BCUT2D eigenvalue weighted by Gasteiger charge is 2.19. The summed E-state index contributed by atoms with van der Waals surface area (Å²) in [6.45, 7) is 7.08. The molecule has 0 aliphatic rings. The minimum Gasteiger partial charge on any atom is -0.497 e. The van der Waals surface area contributed by atoms with Crippen LogP contribution in [0.25, 0.3) is 10.2 Å². The first-order valence-electron chi connectivity index (χ1n) is 8.27. The number of benzene rings is 1. The Balaban J connectivity index is 1.83. The van der Waals surface area contributed by atoms with Crippen molar-refractivity contribution < 1.29 is 4.74 Å². The van der Waals surface area contributed by atoms with Gasteiger partial charge >= 0.3 is 0 Å². The molecule has 2 N–H and O–H groups in total. The van der Waals surface area contributed by atoms with Gasteiger partial charge < -0.3 is 10.5 Å². The van der Waals surface area contributed by atoms with E-state index in [1.165, 1.54) is 16.0 Å². The Morgan fingerprint density at radius 1 is 1.20 bits per heavy atom. The van der Waals surface area contributed by atoms with E-state index in [-0.39, 0.29) is 6.04 Å². The number of hydrogen-bond acceptors (Lipinski definition) is 6. The van der Waals surface area contributed by atoms with Crippen molar-refractivity contribution in [3.63, 3.8) is 0 Å². The number of methoxy groups -OCH3 is 1. The number of fused-ring (bicyclic) bond motifs is 1. The average Bonchev–Trinajstić information content (AvgIpc) is 2.89. The largest absolute Gasteiger partial charge is 0.497 e. The van der Waals surface area contributed by atoms with E-state index in [4.69, 9.17) is 15.5 Å². The lowest BCUT2D eigenvalue weighted by atomic mass is 10.1. The average molecular weight is 356 g/mol. The number of hydrogen-bond donors (Lipinski definition) is 1. The Hall–Kier alpha value is -2.18. The highest BCUT2D eigenvalue weighted by molar-refractivity contribution is 7.18. The molecule has 0 fully saturated rings. The molecule has 2 heterocycles. The Bertz CT molecular complexity index is 889. The monoisotopic (exact) mass is 356 g/mol. The summed E-state index contributed by atoms with van der Waals surface area (Å²) in [5.74, 6) is 2.21. The van der Waals surface area contributed by atoms with Crippen molar-refractivity contribution in [3.8, 4) is 5.75 Å². The second-order valence-electron chi connectivity index (χ2n) is 6.37. The molecule has 5 nitrogen and oxygen atoms in total. The molecule has 1 atom stereocenters. The molecule has 0 aliphatic carbocycles. The van der Waals surface area contributed by atoms with Crippen molar-refractivity contribution in [1.29, 1.82) is 0 Å². The fourth-order valence-electron chi connectivity index (χ4n) is 2.84. The number of anilines is 1. The van der Waals surface area contributed by atoms with Crippen LogP contribution in [0.15, 0.2) is 24.3 Å². The summed E-state index contributed by atoms with van der Waals surface area (Å²) in [6, 6.07) is 8.17. The zero-order chi connectivity index (χ0) is 18.1. The van der Waals surface area contributed by atoms with Gasteiger partial charge in [-0.2, -0.15) is 0 Å². The predicted octanol–water partition coefficient (Wildman–Crippen LogP) is 4.09. The fourth-order valence-corrected chi connectivity index (χ4v) is 3.88. The Kier molecular flexibility index (Phi) is 4.92. The molecule has 0 aliphatic heterocycles. The van der Waals surface area contributed by atoms with Gasteiger partial charge in [-0.05, 0) is 51.1 Å². The number of nitrogen functional groups attached to an aromatic ring is 1. The third-order valence-electron chi connectivity index (χ3n) is 4.70. The van der Waals surface area contributed by atoms with E-state index in [1.807, 2.05) is 12.1 Å². The van der Waals surface area contributed by atoms with Gasteiger partial charge in [-0.3, -0.25) is 4.90 Å². The second kappa shape index (κ2) is 6.98. The van der Waals surface area contributed by atoms with Gasteiger partial charge in [-0.1, -0.05) is 12.1 Å². The highest BCUT2D eigenvalue weighted by atomic mass is 32.1. The SMILES string of the molecule is COc1ccc(CN(C)[C@@H](C)c2nc(N)c3c(C)c(C)sc3n2)cc1. The maximum atomic E-state index is 6.22. The van der Waals surface area contributed by atoms with Gasteiger partial charge in [0, 0.05) is 11.4 Å². The normalized spacial score (nSPS) is 12.7. The van der Waals surface area contributed by atoms with E-state index in [9.17, 15) is 0 Å². The van der Waals surface area contributed by atoms with E-state index in [1.54, 1.807) is 18.4 Å². The molecule has 0 radical (unpaired) electrons. The van der Waals surface area contributed by atoms with E-state index >= 15 is 0 Å². The lowest BCUT2D eigenvalue weighted by molar-refractivity contribution is 0.244. The van der Waals surface area contributed by atoms with Gasteiger partial charge in [0.05, 0.1) is 18.5 Å². The first-order chi connectivity index (χ1) is 11.9. The summed E-state index contributed by atoms with van der Waals surface area (Å²) in [6.07, 6.45) is 0. The molecular formula is C19H24N4OS. The van der Waals surface area contributed by atoms with E-state index in [0.29, 0.717) is 5.82 Å². The van der Waals surface area contributed by atoms with Gasteiger partial charge in [0.2, 0.25) is 0 Å². The summed E-state index contributed by atoms with van der Waals surface area (Å²) >= 11 is 1.68. The number of ether oxygens (including phenoxy) is 1. The molecule has 3 aromatic rings. The van der Waals surface area contributed by atoms with Crippen LogP contribution < -0.4 is 10.5 Å². The molecule has 0 amide bonds. The van der Waals surface area contributed by atoms with Gasteiger partial charge in [0.1, 0.15) is 22.2 Å². The van der Waals surface area contributed by atoms with E-state index in [2.05, 4.69) is 49.8 Å². The summed E-state index contributed by atoms with van der Waals surface area (Å²) < 4.78 is 5.21. The molecule has 0 unspecified atom stereocenters. The molecule has 132 valence electrons. The van der Waals surface area contributed by atoms with Gasteiger partial charge in [-0.15, -0.1) is 11.3 Å². The zero-order valence-corrected chi connectivity index (χ0v) is 16.1. The first kappa shape index (κ1) is 17.6. The third-order valence-corrected chi connectivity index (χ3v) is 5.80. The first-order valence-corrected chi connectivity index (χ1v) is 9.08. The van der Waals surface area contributed by atoms with Crippen molar-refractivity contribution in [3.05, 3.63) is 46.1 Å². The smallest absolute Gasteiger partial charge is 0.149 e. The summed E-state index contributed by atoms with van der Waals surface area (Å²) in [4.78, 5) is 13.8. The van der Waals surface area contributed by atoms with Crippen molar-refractivity contribution >= 4 is 27.4 Å². The Labute approximate surface area is 152 Å². The van der Waals surface area contributed by atoms with Crippen LogP contribution in [0.3, 0.4) is 0 Å². The van der Waals surface area contributed by atoms with Crippen LogP contribution in [0.4, 0.5) is 5.82 Å². The van der Waals surface area contributed by atoms with Gasteiger partial charge in [0.15, 0.2) is 0 Å². The summed E-state index contributed by atoms with van der Waals surface area (Å²) in [5, 5.41) is 0.997. The maximum Gasteiger partial charge on any atom is 0.149 e. The zero-order valence-electron chi connectivity index (χ0n) is 15.3. The molecule has 6 heteroatoms. The molecule has 0 spiro atoms. The Morgan fingerprint density at radius 2 is 1.88 bits per heavy atom. The van der Waals surface area contributed by atoms with Gasteiger partial charge in [0.25, 0.3) is 0 Å². The van der Waals surface area contributed by atoms with Crippen molar-refractivity contribution in [2.45, 2.75) is 33.4 Å². The van der Waals surface area contributed by atoms with Crippen molar-refractivity contribution in [2.24, 2.45) is 0 Å². The number of nitrogens with zero attached hydrogens (tertiary/aromatic N) is 3. The van der Waals surface area contributed by atoms with E-state index < -0.39 is 0 Å². The Morgan fingerprint density at radius 3 is 2.52 bits per heavy atom. The molecule has 0 saturated heterocycles. The minimum absolute atomic E-state index is 0.0662. The number of aromatic nitrogens is 2. The number of aryl methyl sites for hydroxylation is 2. The maximum absolute atomic E-state index is 6.22. The van der Waals surface area contributed by atoms with Crippen LogP contribution in [0.2, 0.25) is 0 Å². The molecule has 25 heavy (non-hydrogen) atoms. The number of thiophene rings is 1. The van der Waals surface area contributed by atoms with Crippen LogP contribution in [0.1, 0.15) is 34.8 Å². The number of nitrogens with two attached hydrogens (primary N) is 1. The lowest BCUT2D eigenvalue weighted by Gasteiger charge is -2.24. The van der Waals surface area contributed by atoms with Crippen LogP contribution in [-0.4, -0.2) is 29.0 Å². The highest BCUT2D eigenvalue weighted by Crippen LogP contribution is 2.33. The van der Waals surface area contributed by atoms with Gasteiger partial charge in [-0.25, -0.2) is 9.97 Å². The fraction of sp³-hybridized carbons (Fsp3) is 0.368. The van der Waals surface area contributed by atoms with Crippen LogP contribution in [-0.2, 0) is 6.54 Å². The molecule has 0 saturated carbocycles. The van der Waals surface area contributed by atoms with E-state index in [0.717, 1.165) is 28.3 Å². The molecule has 1 aromatic carbocycles. The summed E-state index contributed by atoms with van der Waals surface area (Å²) in [7, 11) is 3.75.